The number of carbonyl (C=O) groups excluding carboxylic acids is 1. The highest BCUT2D eigenvalue weighted by Crippen LogP contribution is 2.02. The van der Waals surface area contributed by atoms with Gasteiger partial charge in [-0.1, -0.05) is 0 Å². The molecular formula is C8H16N2O6S. The number of ether oxygens (including phenoxy) is 1. The summed E-state index contributed by atoms with van der Waals surface area (Å²) in [5.74, 6) is -1.32. The van der Waals surface area contributed by atoms with Gasteiger partial charge in [-0.2, -0.15) is 12.7 Å². The van der Waals surface area contributed by atoms with E-state index in [-0.39, 0.29) is 0 Å². The number of hydrogen-bond donors (Lipinski definition) is 2. The lowest BCUT2D eigenvalue weighted by atomic mass is 10.4. The summed E-state index contributed by atoms with van der Waals surface area (Å²) < 4.78 is 29.7. The van der Waals surface area contributed by atoms with E-state index in [1.807, 2.05) is 0 Å². The van der Waals surface area contributed by atoms with E-state index >= 15 is 0 Å². The van der Waals surface area contributed by atoms with E-state index in [1.165, 1.54) is 6.92 Å². The van der Waals surface area contributed by atoms with Gasteiger partial charge < -0.3 is 9.84 Å². The minimum absolute atomic E-state index is 0.479. The van der Waals surface area contributed by atoms with Crippen molar-refractivity contribution in [3.63, 3.8) is 0 Å². The van der Waals surface area contributed by atoms with Crippen LogP contribution in [-0.4, -0.2) is 49.1 Å². The average Bonchev–Trinajstić information content (AvgIpc) is 2.12. The fourth-order valence-electron chi connectivity index (χ4n) is 0.779. The highest BCUT2D eigenvalue weighted by atomic mass is 32.2. The zero-order chi connectivity index (χ0) is 13.8. The van der Waals surface area contributed by atoms with Gasteiger partial charge in [0.05, 0.1) is 6.10 Å². The first-order valence-electron chi connectivity index (χ1n) is 4.77. The fourth-order valence-corrected chi connectivity index (χ4v) is 1.69. The van der Waals surface area contributed by atoms with E-state index < -0.39 is 34.4 Å². The summed E-state index contributed by atoms with van der Waals surface area (Å²) in [6.07, 6.45) is -1.63. The van der Waals surface area contributed by atoms with E-state index in [1.54, 1.807) is 18.6 Å². The quantitative estimate of drug-likeness (QED) is 0.712. The number of carboxylic acids is 1. The molecule has 0 aromatic rings. The Kier molecular flexibility index (Phi) is 5.36. The molecule has 1 unspecified atom stereocenters. The van der Waals surface area contributed by atoms with Crippen LogP contribution in [0.5, 0.6) is 0 Å². The summed E-state index contributed by atoms with van der Waals surface area (Å²) >= 11 is 0. The number of carboxylic acid groups (broad SMARTS) is 1. The van der Waals surface area contributed by atoms with Crippen LogP contribution in [-0.2, 0) is 19.7 Å². The molecule has 0 spiro atoms. The number of carbonyl (C=O) groups is 2. The Morgan fingerprint density at radius 1 is 1.29 bits per heavy atom. The molecule has 0 radical (unpaired) electrons. The Labute approximate surface area is 99.7 Å². The second-order valence-electron chi connectivity index (χ2n) is 3.59. The van der Waals surface area contributed by atoms with Gasteiger partial charge in [-0.25, -0.2) is 9.52 Å². The van der Waals surface area contributed by atoms with Gasteiger partial charge in [-0.3, -0.25) is 4.79 Å². The third-order valence-electron chi connectivity index (χ3n) is 1.84. The topological polar surface area (TPSA) is 113 Å². The molecule has 1 amide bonds. The van der Waals surface area contributed by atoms with Crippen molar-refractivity contribution in [3.05, 3.63) is 0 Å². The van der Waals surface area contributed by atoms with Crippen LogP contribution in [0.15, 0.2) is 0 Å². The third kappa shape index (κ3) is 5.00. The zero-order valence-electron chi connectivity index (χ0n) is 10.00. The smallest absolute Gasteiger partial charge is 0.422 e. The lowest BCUT2D eigenvalue weighted by molar-refractivity contribution is -0.140. The Balaban J connectivity index is 4.69. The molecule has 0 fully saturated rings. The van der Waals surface area contributed by atoms with Crippen molar-refractivity contribution in [1.29, 1.82) is 0 Å². The van der Waals surface area contributed by atoms with E-state index in [9.17, 15) is 18.0 Å². The first-order valence-corrected chi connectivity index (χ1v) is 6.21. The highest BCUT2D eigenvalue weighted by molar-refractivity contribution is 7.87. The van der Waals surface area contributed by atoms with Crippen LogP contribution in [0.3, 0.4) is 0 Å². The monoisotopic (exact) mass is 268 g/mol. The number of likely N-dealkylation sites (N-methyl/N-ethyl adjacent to an activating group) is 1. The predicted molar refractivity (Wildman–Crippen MR) is 58.5 cm³/mol. The van der Waals surface area contributed by atoms with Crippen LogP contribution in [0.25, 0.3) is 0 Å². The van der Waals surface area contributed by atoms with Crippen LogP contribution in [0.4, 0.5) is 4.79 Å². The number of rotatable bonds is 5. The summed E-state index contributed by atoms with van der Waals surface area (Å²) in [5.41, 5.74) is 0. The van der Waals surface area contributed by atoms with Gasteiger partial charge in [0.2, 0.25) is 0 Å². The molecule has 0 aliphatic carbocycles. The zero-order valence-corrected chi connectivity index (χ0v) is 10.8. The van der Waals surface area contributed by atoms with Gasteiger partial charge in [0.15, 0.2) is 0 Å². The molecule has 0 rings (SSSR count). The molecule has 0 aliphatic rings. The van der Waals surface area contributed by atoms with Crippen LogP contribution in [0.1, 0.15) is 20.8 Å². The standard InChI is InChI=1S/C8H16N2O6S/c1-5(2)16-8(13)9-17(14,15)10(4)6(3)7(11)12/h5-6H,1-4H3,(H,9,13)(H,11,12). The van der Waals surface area contributed by atoms with Crippen molar-refractivity contribution in [2.45, 2.75) is 32.9 Å². The first-order chi connectivity index (χ1) is 7.58. The molecule has 17 heavy (non-hydrogen) atoms. The Morgan fingerprint density at radius 3 is 2.12 bits per heavy atom. The van der Waals surface area contributed by atoms with E-state index in [2.05, 4.69) is 4.74 Å². The molecule has 9 heteroatoms. The van der Waals surface area contributed by atoms with E-state index in [0.29, 0.717) is 4.31 Å². The summed E-state index contributed by atoms with van der Waals surface area (Å²) in [5, 5.41) is 8.65. The van der Waals surface area contributed by atoms with Gasteiger partial charge in [0, 0.05) is 7.05 Å². The lowest BCUT2D eigenvalue weighted by Gasteiger charge is -2.21. The maximum atomic E-state index is 11.5. The molecule has 1 atom stereocenters. The number of amides is 1. The van der Waals surface area contributed by atoms with Crippen LogP contribution < -0.4 is 4.72 Å². The maximum Gasteiger partial charge on any atom is 0.422 e. The summed E-state index contributed by atoms with van der Waals surface area (Å²) in [4.78, 5) is 21.7. The fraction of sp³-hybridized carbons (Fsp3) is 0.750. The van der Waals surface area contributed by atoms with E-state index in [0.717, 1.165) is 7.05 Å². The Bertz CT molecular complexity index is 391. The SMILES string of the molecule is CC(C)OC(=O)NS(=O)(=O)N(C)C(C)C(=O)O. The predicted octanol–water partition coefficient (Wildman–Crippen LogP) is -0.229. The summed E-state index contributed by atoms with van der Waals surface area (Å²) in [7, 11) is -3.18. The van der Waals surface area contributed by atoms with Gasteiger partial charge in [-0.15, -0.1) is 0 Å². The molecular weight excluding hydrogens is 252 g/mol. The van der Waals surface area contributed by atoms with Crippen molar-refractivity contribution in [3.8, 4) is 0 Å². The number of nitrogens with one attached hydrogen (secondary N) is 1. The molecule has 0 bridgehead atoms. The van der Waals surface area contributed by atoms with Crippen molar-refractivity contribution in [2.75, 3.05) is 7.05 Å². The molecule has 0 heterocycles. The largest absolute Gasteiger partial charge is 0.480 e. The lowest BCUT2D eigenvalue weighted by Crippen LogP contribution is -2.48. The first kappa shape index (κ1) is 15.7. The molecule has 0 aliphatic heterocycles. The molecule has 0 aromatic heterocycles. The number of nitrogens with zero attached hydrogens (tertiary/aromatic N) is 1. The van der Waals surface area contributed by atoms with Gasteiger partial charge in [-0.05, 0) is 20.8 Å². The van der Waals surface area contributed by atoms with E-state index in [4.69, 9.17) is 5.11 Å². The van der Waals surface area contributed by atoms with Crippen LogP contribution >= 0.6 is 0 Å². The second-order valence-corrected chi connectivity index (χ2v) is 5.32. The minimum atomic E-state index is -4.22. The summed E-state index contributed by atoms with van der Waals surface area (Å²) in [6.45, 7) is 4.28. The van der Waals surface area contributed by atoms with Gasteiger partial charge in [0.1, 0.15) is 6.04 Å². The Morgan fingerprint density at radius 2 is 1.76 bits per heavy atom. The van der Waals surface area contributed by atoms with Crippen LogP contribution in [0.2, 0.25) is 0 Å². The Hall–Kier alpha value is -1.35. The van der Waals surface area contributed by atoms with Crippen molar-refractivity contribution in [1.82, 2.24) is 9.03 Å². The molecule has 0 saturated heterocycles. The van der Waals surface area contributed by atoms with Crippen LogP contribution in [0, 0.1) is 0 Å². The molecule has 0 saturated carbocycles. The highest BCUT2D eigenvalue weighted by Gasteiger charge is 2.29. The van der Waals surface area contributed by atoms with Crippen molar-refractivity contribution in [2.24, 2.45) is 0 Å². The average molecular weight is 268 g/mol. The molecule has 8 nitrogen and oxygen atoms in total. The van der Waals surface area contributed by atoms with Crippen molar-refractivity contribution >= 4 is 22.3 Å². The summed E-state index contributed by atoms with van der Waals surface area (Å²) in [6, 6.07) is -1.29. The minimum Gasteiger partial charge on any atom is -0.480 e. The number of aliphatic carboxylic acids is 1. The molecule has 2 N–H and O–H groups in total. The molecule has 100 valence electrons. The van der Waals surface area contributed by atoms with Gasteiger partial charge in [0.25, 0.3) is 0 Å². The normalized spacial score (nSPS) is 13.5. The van der Waals surface area contributed by atoms with Gasteiger partial charge >= 0.3 is 22.3 Å². The number of hydrogen-bond acceptors (Lipinski definition) is 5. The maximum absolute atomic E-state index is 11.5. The third-order valence-corrected chi connectivity index (χ3v) is 3.34. The molecule has 0 aromatic carbocycles. The second kappa shape index (κ2) is 5.82. The van der Waals surface area contributed by atoms with Crippen molar-refractivity contribution < 1.29 is 27.9 Å².